The zero-order chi connectivity index (χ0) is 18.0. The molecular formula is C19H18N2O4. The highest BCUT2D eigenvalue weighted by Gasteiger charge is 2.10. The first kappa shape index (κ1) is 16.6. The molecule has 0 radical (unpaired) electrons. The molecule has 0 saturated carbocycles. The van der Waals surface area contributed by atoms with Crippen molar-refractivity contribution in [2.45, 2.75) is 6.92 Å². The van der Waals surface area contributed by atoms with Crippen LogP contribution in [-0.2, 0) is 0 Å². The number of allylic oxidation sites excluding steroid dienone is 1. The molecule has 6 nitrogen and oxygen atoms in total. The number of nitrogen functional groups attached to an aromatic ring is 1. The van der Waals surface area contributed by atoms with E-state index in [1.165, 1.54) is 0 Å². The minimum atomic E-state index is -0.465. The van der Waals surface area contributed by atoms with Gasteiger partial charge in [0, 0.05) is 5.57 Å². The molecule has 0 fully saturated rings. The summed E-state index contributed by atoms with van der Waals surface area (Å²) in [5, 5.41) is 0.364. The number of fused-ring (bicyclic) bond motifs is 1. The Bertz CT molecular complexity index is 1020. The molecule has 0 saturated heterocycles. The number of methoxy groups -OCH3 is 2. The van der Waals surface area contributed by atoms with E-state index in [-0.39, 0.29) is 5.89 Å². The van der Waals surface area contributed by atoms with E-state index < -0.39 is 5.63 Å². The lowest BCUT2D eigenvalue weighted by Gasteiger charge is -2.08. The fraction of sp³-hybridized carbons (Fsp3) is 0.158. The Balaban J connectivity index is 2.07. The number of nitrogens with zero attached hydrogens (tertiary/aromatic N) is 1. The summed E-state index contributed by atoms with van der Waals surface area (Å²) < 4.78 is 15.9. The lowest BCUT2D eigenvalue weighted by Crippen LogP contribution is -2.05. The minimum absolute atomic E-state index is 0.227. The first-order valence-electron chi connectivity index (χ1n) is 7.63. The number of ether oxygens (including phenoxy) is 2. The van der Waals surface area contributed by atoms with Crippen molar-refractivity contribution in [1.29, 1.82) is 0 Å². The molecular weight excluding hydrogens is 320 g/mol. The normalized spacial score (nSPS) is 11.6. The van der Waals surface area contributed by atoms with Crippen LogP contribution in [0.4, 0.5) is 5.69 Å². The maximum Gasteiger partial charge on any atom is 0.347 e. The summed E-state index contributed by atoms with van der Waals surface area (Å²) in [6.45, 7) is 1.81. The number of aromatic nitrogens is 1. The molecule has 0 atom stereocenters. The summed E-state index contributed by atoms with van der Waals surface area (Å²) in [6.07, 6.45) is 1.85. The van der Waals surface area contributed by atoms with Gasteiger partial charge in [0.2, 0.25) is 5.89 Å². The van der Waals surface area contributed by atoms with Crippen LogP contribution in [0.5, 0.6) is 11.5 Å². The predicted molar refractivity (Wildman–Crippen MR) is 97.8 cm³/mol. The number of rotatable bonds is 4. The van der Waals surface area contributed by atoms with Crippen LogP contribution in [0.1, 0.15) is 18.4 Å². The van der Waals surface area contributed by atoms with Crippen LogP contribution >= 0.6 is 0 Å². The number of anilines is 1. The highest BCUT2D eigenvalue weighted by Crippen LogP contribution is 2.29. The SMILES string of the molecule is COc1ccc(/C=C(\C)c2nc3c(N)cccc3c(=O)o2)cc1OC. The van der Waals surface area contributed by atoms with Gasteiger partial charge in [-0.25, -0.2) is 9.78 Å². The van der Waals surface area contributed by atoms with E-state index in [0.717, 1.165) is 5.56 Å². The summed E-state index contributed by atoms with van der Waals surface area (Å²) in [5.74, 6) is 1.48. The van der Waals surface area contributed by atoms with Crippen molar-refractivity contribution < 1.29 is 13.9 Å². The highest BCUT2D eigenvalue weighted by atomic mass is 16.5. The molecule has 128 valence electrons. The minimum Gasteiger partial charge on any atom is -0.493 e. The maximum absolute atomic E-state index is 12.2. The van der Waals surface area contributed by atoms with Gasteiger partial charge in [0.05, 0.1) is 25.3 Å². The van der Waals surface area contributed by atoms with Crippen LogP contribution in [0.25, 0.3) is 22.6 Å². The summed E-state index contributed by atoms with van der Waals surface area (Å²) in [7, 11) is 3.15. The smallest absolute Gasteiger partial charge is 0.347 e. The Kier molecular flexibility index (Phi) is 4.43. The average Bonchev–Trinajstić information content (AvgIpc) is 2.62. The van der Waals surface area contributed by atoms with Crippen molar-refractivity contribution in [3.05, 3.63) is 58.3 Å². The van der Waals surface area contributed by atoms with E-state index in [2.05, 4.69) is 4.98 Å². The molecule has 0 aliphatic carbocycles. The van der Waals surface area contributed by atoms with Crippen molar-refractivity contribution in [1.82, 2.24) is 4.98 Å². The monoisotopic (exact) mass is 338 g/mol. The van der Waals surface area contributed by atoms with E-state index >= 15 is 0 Å². The maximum atomic E-state index is 12.2. The van der Waals surface area contributed by atoms with E-state index in [1.807, 2.05) is 25.1 Å². The molecule has 0 aliphatic heterocycles. The van der Waals surface area contributed by atoms with Gasteiger partial charge in [-0.3, -0.25) is 0 Å². The number of hydrogen-bond donors (Lipinski definition) is 1. The van der Waals surface area contributed by atoms with Crippen molar-refractivity contribution in [3.63, 3.8) is 0 Å². The molecule has 6 heteroatoms. The molecule has 2 N–H and O–H groups in total. The lowest BCUT2D eigenvalue weighted by molar-refractivity contribution is 0.355. The van der Waals surface area contributed by atoms with Gasteiger partial charge in [0.15, 0.2) is 11.5 Å². The zero-order valence-electron chi connectivity index (χ0n) is 14.2. The molecule has 0 unspecified atom stereocenters. The van der Waals surface area contributed by atoms with Crippen molar-refractivity contribution in [2.24, 2.45) is 0 Å². The molecule has 3 rings (SSSR count). The summed E-state index contributed by atoms with van der Waals surface area (Å²) in [6, 6.07) is 10.5. The number of benzene rings is 2. The fourth-order valence-electron chi connectivity index (χ4n) is 2.54. The molecule has 2 aromatic carbocycles. The fourth-order valence-corrected chi connectivity index (χ4v) is 2.54. The van der Waals surface area contributed by atoms with Gasteiger partial charge in [0.1, 0.15) is 5.52 Å². The summed E-state index contributed by atoms with van der Waals surface area (Å²) in [5.41, 5.74) is 7.88. The van der Waals surface area contributed by atoms with Gasteiger partial charge in [-0.05, 0) is 42.8 Å². The number of hydrogen-bond acceptors (Lipinski definition) is 6. The van der Waals surface area contributed by atoms with Crippen LogP contribution in [-0.4, -0.2) is 19.2 Å². The average molecular weight is 338 g/mol. The predicted octanol–water partition coefficient (Wildman–Crippen LogP) is 3.35. The Morgan fingerprint density at radius 2 is 1.92 bits per heavy atom. The molecule has 3 aromatic rings. The third-order valence-corrected chi connectivity index (χ3v) is 3.82. The summed E-state index contributed by atoms with van der Waals surface area (Å²) >= 11 is 0. The van der Waals surface area contributed by atoms with Crippen LogP contribution < -0.4 is 20.8 Å². The Hall–Kier alpha value is -3.28. The quantitative estimate of drug-likeness (QED) is 0.734. The van der Waals surface area contributed by atoms with Crippen molar-refractivity contribution in [3.8, 4) is 11.5 Å². The van der Waals surface area contributed by atoms with Crippen LogP contribution in [0.3, 0.4) is 0 Å². The van der Waals surface area contributed by atoms with Crippen LogP contribution in [0, 0.1) is 0 Å². The standard InChI is InChI=1S/C19H18N2O4/c1-11(9-12-7-8-15(23-2)16(10-12)24-3)18-21-17-13(19(22)25-18)5-4-6-14(17)20/h4-10H,20H2,1-3H3/b11-9+. The van der Waals surface area contributed by atoms with Gasteiger partial charge in [-0.1, -0.05) is 12.1 Å². The third-order valence-electron chi connectivity index (χ3n) is 3.82. The van der Waals surface area contributed by atoms with Crippen molar-refractivity contribution >= 4 is 28.2 Å². The van der Waals surface area contributed by atoms with E-state index in [4.69, 9.17) is 19.6 Å². The van der Waals surface area contributed by atoms with Crippen molar-refractivity contribution in [2.75, 3.05) is 20.0 Å². The van der Waals surface area contributed by atoms with Gasteiger partial charge in [-0.15, -0.1) is 0 Å². The van der Waals surface area contributed by atoms with Gasteiger partial charge < -0.3 is 19.6 Å². The van der Waals surface area contributed by atoms with Gasteiger partial charge >= 0.3 is 5.63 Å². The molecule has 1 heterocycles. The van der Waals surface area contributed by atoms with Gasteiger partial charge in [-0.2, -0.15) is 0 Å². The van der Waals surface area contributed by atoms with E-state index in [9.17, 15) is 4.79 Å². The number of para-hydroxylation sites is 1. The number of nitrogens with two attached hydrogens (primary N) is 1. The zero-order valence-corrected chi connectivity index (χ0v) is 14.2. The van der Waals surface area contributed by atoms with E-state index in [0.29, 0.717) is 33.7 Å². The molecule has 0 amide bonds. The third kappa shape index (κ3) is 3.19. The molecule has 25 heavy (non-hydrogen) atoms. The lowest BCUT2D eigenvalue weighted by atomic mass is 10.1. The highest BCUT2D eigenvalue weighted by molar-refractivity contribution is 5.89. The molecule has 0 bridgehead atoms. The molecule has 0 spiro atoms. The largest absolute Gasteiger partial charge is 0.493 e. The van der Waals surface area contributed by atoms with Crippen LogP contribution in [0.15, 0.2) is 45.6 Å². The summed E-state index contributed by atoms with van der Waals surface area (Å²) in [4.78, 5) is 16.6. The van der Waals surface area contributed by atoms with Gasteiger partial charge in [0.25, 0.3) is 0 Å². The molecule has 1 aromatic heterocycles. The Morgan fingerprint density at radius 1 is 1.16 bits per heavy atom. The second-order valence-electron chi connectivity index (χ2n) is 5.49. The second-order valence-corrected chi connectivity index (χ2v) is 5.49. The topological polar surface area (TPSA) is 87.6 Å². The Morgan fingerprint density at radius 3 is 2.64 bits per heavy atom. The Labute approximate surface area is 144 Å². The van der Waals surface area contributed by atoms with Crippen LogP contribution in [0.2, 0.25) is 0 Å². The first-order chi connectivity index (χ1) is 12.0. The first-order valence-corrected chi connectivity index (χ1v) is 7.63. The molecule has 0 aliphatic rings. The second kappa shape index (κ2) is 6.68. The van der Waals surface area contributed by atoms with E-state index in [1.54, 1.807) is 38.5 Å².